The molecule has 8 heteroatoms. The summed E-state index contributed by atoms with van der Waals surface area (Å²) in [7, 11) is 0. The van der Waals surface area contributed by atoms with Gasteiger partial charge in [0.05, 0.1) is 13.1 Å². The lowest BCUT2D eigenvalue weighted by Gasteiger charge is -2.34. The van der Waals surface area contributed by atoms with Gasteiger partial charge >= 0.3 is 0 Å². The van der Waals surface area contributed by atoms with Crippen LogP contribution in [0.3, 0.4) is 0 Å². The number of ether oxygens (including phenoxy) is 1. The van der Waals surface area contributed by atoms with Crippen LogP contribution in [-0.2, 0) is 4.79 Å². The Morgan fingerprint density at radius 3 is 2.52 bits per heavy atom. The molecule has 2 heterocycles. The highest BCUT2D eigenvalue weighted by Gasteiger charge is 2.24. The molecule has 7 nitrogen and oxygen atoms in total. The zero-order valence-corrected chi connectivity index (χ0v) is 17.9. The number of piperazine rings is 1. The van der Waals surface area contributed by atoms with Crippen LogP contribution in [0.1, 0.15) is 10.5 Å². The van der Waals surface area contributed by atoms with Crippen molar-refractivity contribution >= 4 is 34.3 Å². The van der Waals surface area contributed by atoms with E-state index in [9.17, 15) is 9.59 Å². The van der Waals surface area contributed by atoms with Gasteiger partial charge < -0.3 is 19.9 Å². The molecule has 0 atom stereocenters. The highest BCUT2D eigenvalue weighted by atomic mass is 35.5. The Morgan fingerprint density at radius 1 is 1.03 bits per heavy atom. The molecular weight excluding hydrogens is 416 g/mol. The molecule has 2 amide bonds. The SMILES string of the molecule is O=C(CN1CCN(C(=O)c2cc3ccccc3[nH]2)CC1)NCCOc1ccc(Cl)cc1. The van der Waals surface area contributed by atoms with Gasteiger partial charge in [0.15, 0.2) is 0 Å². The maximum Gasteiger partial charge on any atom is 0.270 e. The van der Waals surface area contributed by atoms with Crippen LogP contribution in [0.2, 0.25) is 5.02 Å². The number of aromatic nitrogens is 1. The normalized spacial score (nSPS) is 14.5. The fraction of sp³-hybridized carbons (Fsp3) is 0.304. The molecule has 2 aromatic carbocycles. The van der Waals surface area contributed by atoms with E-state index in [1.54, 1.807) is 24.3 Å². The van der Waals surface area contributed by atoms with Crippen molar-refractivity contribution in [2.75, 3.05) is 45.9 Å². The van der Waals surface area contributed by atoms with Crippen molar-refractivity contribution in [2.45, 2.75) is 0 Å². The Bertz CT molecular complexity index is 1010. The van der Waals surface area contributed by atoms with E-state index in [1.807, 2.05) is 35.2 Å². The van der Waals surface area contributed by atoms with Crippen LogP contribution in [-0.4, -0.2) is 72.5 Å². The van der Waals surface area contributed by atoms with Gasteiger partial charge in [-0.2, -0.15) is 0 Å². The molecule has 1 fully saturated rings. The van der Waals surface area contributed by atoms with Crippen molar-refractivity contribution in [1.82, 2.24) is 20.1 Å². The second-order valence-corrected chi connectivity index (χ2v) is 7.93. The minimum Gasteiger partial charge on any atom is -0.492 e. The smallest absolute Gasteiger partial charge is 0.270 e. The average molecular weight is 441 g/mol. The summed E-state index contributed by atoms with van der Waals surface area (Å²) >= 11 is 5.84. The summed E-state index contributed by atoms with van der Waals surface area (Å²) in [6, 6.07) is 16.8. The van der Waals surface area contributed by atoms with Crippen LogP contribution in [0.25, 0.3) is 10.9 Å². The number of H-pyrrole nitrogens is 1. The minimum atomic E-state index is -0.0462. The van der Waals surface area contributed by atoms with Crippen LogP contribution >= 0.6 is 11.6 Å². The number of nitrogens with one attached hydrogen (secondary N) is 2. The number of para-hydroxylation sites is 1. The van der Waals surface area contributed by atoms with Crippen LogP contribution in [0.5, 0.6) is 5.75 Å². The Labute approximate surface area is 185 Å². The van der Waals surface area contributed by atoms with Gasteiger partial charge in [-0.1, -0.05) is 29.8 Å². The van der Waals surface area contributed by atoms with Gasteiger partial charge in [0, 0.05) is 42.1 Å². The van der Waals surface area contributed by atoms with E-state index < -0.39 is 0 Å². The van der Waals surface area contributed by atoms with Crippen LogP contribution in [0, 0.1) is 0 Å². The van der Waals surface area contributed by atoms with Gasteiger partial charge in [0.1, 0.15) is 18.1 Å². The maximum absolute atomic E-state index is 12.8. The number of fused-ring (bicyclic) bond motifs is 1. The summed E-state index contributed by atoms with van der Waals surface area (Å²) in [6.07, 6.45) is 0. The van der Waals surface area contributed by atoms with E-state index in [1.165, 1.54) is 0 Å². The molecule has 0 aliphatic carbocycles. The monoisotopic (exact) mass is 440 g/mol. The summed E-state index contributed by atoms with van der Waals surface area (Å²) in [4.78, 5) is 32.1. The first-order chi connectivity index (χ1) is 15.1. The summed E-state index contributed by atoms with van der Waals surface area (Å²) in [5.41, 5.74) is 1.56. The number of carbonyl (C=O) groups is 2. The van der Waals surface area contributed by atoms with E-state index in [2.05, 4.69) is 15.2 Å². The van der Waals surface area contributed by atoms with Crippen molar-refractivity contribution in [3.8, 4) is 5.75 Å². The quantitative estimate of drug-likeness (QED) is 0.554. The number of benzene rings is 2. The van der Waals surface area contributed by atoms with Crippen LogP contribution in [0.15, 0.2) is 54.6 Å². The molecule has 1 saturated heterocycles. The molecule has 162 valence electrons. The van der Waals surface area contributed by atoms with Gasteiger partial charge in [-0.05, 0) is 36.4 Å². The molecule has 1 aromatic heterocycles. The molecule has 0 spiro atoms. The Hall–Kier alpha value is -3.03. The Balaban J connectivity index is 1.17. The number of rotatable bonds is 7. The van der Waals surface area contributed by atoms with Gasteiger partial charge in [0.25, 0.3) is 5.91 Å². The van der Waals surface area contributed by atoms with Crippen molar-refractivity contribution in [3.05, 3.63) is 65.3 Å². The van der Waals surface area contributed by atoms with Gasteiger partial charge in [-0.25, -0.2) is 0 Å². The number of amides is 2. The third-order valence-corrected chi connectivity index (χ3v) is 5.55. The third-order valence-electron chi connectivity index (χ3n) is 5.29. The average Bonchev–Trinajstić information content (AvgIpc) is 3.22. The van der Waals surface area contributed by atoms with Gasteiger partial charge in [-0.15, -0.1) is 0 Å². The molecule has 1 aliphatic heterocycles. The van der Waals surface area contributed by atoms with Crippen molar-refractivity contribution in [3.63, 3.8) is 0 Å². The third kappa shape index (κ3) is 5.57. The first-order valence-electron chi connectivity index (χ1n) is 10.3. The second-order valence-electron chi connectivity index (χ2n) is 7.49. The summed E-state index contributed by atoms with van der Waals surface area (Å²) in [5, 5.41) is 4.55. The number of carbonyl (C=O) groups excluding carboxylic acids is 2. The fourth-order valence-corrected chi connectivity index (χ4v) is 3.74. The Kier molecular flexibility index (Phi) is 6.74. The molecule has 0 bridgehead atoms. The lowest BCUT2D eigenvalue weighted by molar-refractivity contribution is -0.122. The highest BCUT2D eigenvalue weighted by Crippen LogP contribution is 2.17. The first kappa shape index (κ1) is 21.2. The zero-order valence-electron chi connectivity index (χ0n) is 17.1. The predicted molar refractivity (Wildman–Crippen MR) is 121 cm³/mol. The molecule has 1 aliphatic rings. The molecule has 0 unspecified atom stereocenters. The number of hydrogen-bond donors (Lipinski definition) is 2. The molecule has 0 radical (unpaired) electrons. The van der Waals surface area contributed by atoms with E-state index in [0.29, 0.717) is 56.6 Å². The topological polar surface area (TPSA) is 77.7 Å². The maximum atomic E-state index is 12.8. The number of halogens is 1. The zero-order chi connectivity index (χ0) is 21.6. The Morgan fingerprint density at radius 2 is 1.77 bits per heavy atom. The molecule has 2 N–H and O–H groups in total. The molecule has 31 heavy (non-hydrogen) atoms. The number of nitrogens with zero attached hydrogens (tertiary/aromatic N) is 2. The molecule has 4 rings (SSSR count). The molecular formula is C23H25ClN4O3. The lowest BCUT2D eigenvalue weighted by atomic mass is 10.2. The van der Waals surface area contributed by atoms with Crippen molar-refractivity contribution in [2.24, 2.45) is 0 Å². The number of aromatic amines is 1. The van der Waals surface area contributed by atoms with Gasteiger partial charge in [0.2, 0.25) is 5.91 Å². The summed E-state index contributed by atoms with van der Waals surface area (Å²) < 4.78 is 5.57. The lowest BCUT2D eigenvalue weighted by Crippen LogP contribution is -2.51. The fourth-order valence-electron chi connectivity index (χ4n) is 3.62. The molecule has 0 saturated carbocycles. The minimum absolute atomic E-state index is 0.000324. The second kappa shape index (κ2) is 9.85. The number of hydrogen-bond acceptors (Lipinski definition) is 4. The predicted octanol–water partition coefficient (Wildman–Crippen LogP) is 2.77. The van der Waals surface area contributed by atoms with E-state index >= 15 is 0 Å². The standard InChI is InChI=1S/C23H25ClN4O3/c24-18-5-7-19(8-6-18)31-14-9-25-22(29)16-27-10-12-28(13-11-27)23(30)21-15-17-3-1-2-4-20(17)26-21/h1-8,15,26H,9-14,16H2,(H,25,29). The first-order valence-corrected chi connectivity index (χ1v) is 10.7. The molecule has 3 aromatic rings. The van der Waals surface area contributed by atoms with E-state index in [-0.39, 0.29) is 11.8 Å². The largest absolute Gasteiger partial charge is 0.492 e. The van der Waals surface area contributed by atoms with Crippen molar-refractivity contribution < 1.29 is 14.3 Å². The summed E-state index contributed by atoms with van der Waals surface area (Å²) in [6.45, 7) is 3.67. The van der Waals surface area contributed by atoms with Crippen LogP contribution < -0.4 is 10.1 Å². The van der Waals surface area contributed by atoms with Gasteiger partial charge in [-0.3, -0.25) is 14.5 Å². The highest BCUT2D eigenvalue weighted by molar-refractivity contribution is 6.30. The van der Waals surface area contributed by atoms with Crippen LogP contribution in [0.4, 0.5) is 0 Å². The van der Waals surface area contributed by atoms with Crippen molar-refractivity contribution in [1.29, 1.82) is 0 Å². The van der Waals surface area contributed by atoms with E-state index in [0.717, 1.165) is 16.7 Å². The van der Waals surface area contributed by atoms with E-state index in [4.69, 9.17) is 16.3 Å². The summed E-state index contributed by atoms with van der Waals surface area (Å²) in [5.74, 6) is 0.671.